The second-order valence-electron chi connectivity index (χ2n) is 8.01. The fourth-order valence-corrected chi connectivity index (χ4v) is 7.11. The predicted molar refractivity (Wildman–Crippen MR) is 134 cm³/mol. The van der Waals surface area contributed by atoms with E-state index in [0.717, 1.165) is 65.0 Å². The van der Waals surface area contributed by atoms with Crippen LogP contribution in [0.4, 0.5) is 10.9 Å². The zero-order valence-electron chi connectivity index (χ0n) is 17.9. The highest BCUT2D eigenvalue weighted by atomic mass is 32.2. The van der Waals surface area contributed by atoms with Gasteiger partial charge < -0.3 is 15.0 Å². The summed E-state index contributed by atoms with van der Waals surface area (Å²) in [7, 11) is 0. The zero-order valence-corrected chi connectivity index (χ0v) is 20.3. The number of carbonyl (C=O) groups is 1. The third-order valence-electron chi connectivity index (χ3n) is 6.00. The summed E-state index contributed by atoms with van der Waals surface area (Å²) < 4.78 is 6.58. The first-order valence-electron chi connectivity index (χ1n) is 11.0. The highest BCUT2D eigenvalue weighted by Crippen LogP contribution is 2.43. The van der Waals surface area contributed by atoms with Gasteiger partial charge in [-0.25, -0.2) is 19.9 Å². The Bertz CT molecular complexity index is 1320. The number of thiophene rings is 1. The summed E-state index contributed by atoms with van der Waals surface area (Å²) >= 11 is 4.48. The van der Waals surface area contributed by atoms with Gasteiger partial charge in [0.25, 0.3) is 0 Å². The van der Waals surface area contributed by atoms with Gasteiger partial charge in [0, 0.05) is 30.1 Å². The van der Waals surface area contributed by atoms with E-state index in [1.807, 2.05) is 5.38 Å². The van der Waals surface area contributed by atoms with Gasteiger partial charge in [-0.2, -0.15) is 0 Å². The molecule has 0 radical (unpaired) electrons. The predicted octanol–water partition coefficient (Wildman–Crippen LogP) is 4.14. The lowest BCUT2D eigenvalue weighted by molar-refractivity contribution is -0.113. The first-order chi connectivity index (χ1) is 16.3. The maximum absolute atomic E-state index is 12.4. The van der Waals surface area contributed by atoms with E-state index in [4.69, 9.17) is 9.72 Å². The van der Waals surface area contributed by atoms with Crippen molar-refractivity contribution in [1.29, 1.82) is 0 Å². The average molecular weight is 499 g/mol. The summed E-state index contributed by atoms with van der Waals surface area (Å²) in [6.45, 7) is 3.25. The largest absolute Gasteiger partial charge is 0.378 e. The Balaban J connectivity index is 1.38. The molecule has 4 aromatic rings. The molecule has 8 nitrogen and oxygen atoms in total. The highest BCUT2D eigenvalue weighted by Gasteiger charge is 2.26. The summed E-state index contributed by atoms with van der Waals surface area (Å²) in [5, 5.41) is 7.29. The van der Waals surface area contributed by atoms with E-state index in [0.29, 0.717) is 5.13 Å². The van der Waals surface area contributed by atoms with Crippen LogP contribution in [0.5, 0.6) is 0 Å². The van der Waals surface area contributed by atoms with E-state index in [-0.39, 0.29) is 11.7 Å². The lowest BCUT2D eigenvalue weighted by Gasteiger charge is -2.31. The van der Waals surface area contributed by atoms with E-state index in [1.165, 1.54) is 52.5 Å². The molecule has 33 heavy (non-hydrogen) atoms. The maximum Gasteiger partial charge on any atom is 0.236 e. The number of pyridine rings is 1. The van der Waals surface area contributed by atoms with Crippen LogP contribution in [0.25, 0.3) is 20.4 Å². The molecular formula is C22H22N6O2S3. The molecule has 1 aliphatic carbocycles. The Morgan fingerprint density at radius 3 is 2.82 bits per heavy atom. The van der Waals surface area contributed by atoms with Gasteiger partial charge in [-0.15, -0.1) is 22.7 Å². The molecule has 0 unspecified atom stereocenters. The fourth-order valence-electron chi connectivity index (χ4n) is 4.53. The van der Waals surface area contributed by atoms with E-state index in [2.05, 4.69) is 25.2 Å². The molecule has 1 fully saturated rings. The number of fused-ring (bicyclic) bond motifs is 5. The smallest absolute Gasteiger partial charge is 0.236 e. The van der Waals surface area contributed by atoms with Crippen molar-refractivity contribution in [3.05, 3.63) is 29.0 Å². The molecule has 1 saturated heterocycles. The molecule has 5 heterocycles. The van der Waals surface area contributed by atoms with Crippen LogP contribution in [0.3, 0.4) is 0 Å². The molecule has 2 aliphatic rings. The number of nitrogens with one attached hydrogen (secondary N) is 1. The minimum Gasteiger partial charge on any atom is -0.378 e. The van der Waals surface area contributed by atoms with Crippen molar-refractivity contribution in [2.75, 3.05) is 42.3 Å². The van der Waals surface area contributed by atoms with Gasteiger partial charge in [-0.1, -0.05) is 11.8 Å². The van der Waals surface area contributed by atoms with Crippen molar-refractivity contribution < 1.29 is 9.53 Å². The number of aromatic nitrogens is 4. The van der Waals surface area contributed by atoms with E-state index in [9.17, 15) is 4.79 Å². The molecule has 0 spiro atoms. The summed E-state index contributed by atoms with van der Waals surface area (Å²) in [4.78, 5) is 34.2. The maximum atomic E-state index is 12.4. The number of amides is 1. The third kappa shape index (κ3) is 4.07. The molecule has 0 bridgehead atoms. The highest BCUT2D eigenvalue weighted by molar-refractivity contribution is 8.00. The molecule has 11 heteroatoms. The first kappa shape index (κ1) is 21.2. The van der Waals surface area contributed by atoms with Crippen LogP contribution in [-0.2, 0) is 22.4 Å². The summed E-state index contributed by atoms with van der Waals surface area (Å²) in [6.07, 6.45) is 7.80. The van der Waals surface area contributed by atoms with E-state index in [1.54, 1.807) is 23.9 Å². The lowest BCUT2D eigenvalue weighted by atomic mass is 9.90. The Morgan fingerprint density at radius 1 is 1.15 bits per heavy atom. The van der Waals surface area contributed by atoms with Gasteiger partial charge >= 0.3 is 0 Å². The molecular weight excluding hydrogens is 476 g/mol. The molecule has 1 amide bonds. The Labute approximate surface area is 202 Å². The molecule has 1 aliphatic heterocycles. The zero-order chi connectivity index (χ0) is 22.2. The molecule has 170 valence electrons. The SMILES string of the molecule is O=C(CSc1ncnc2c1sc1nc(N3CCOCC3)c3c(c12)CCCC3)Nc1nccs1. The van der Waals surface area contributed by atoms with Gasteiger partial charge in [0.2, 0.25) is 5.91 Å². The number of thioether (sulfide) groups is 1. The number of hydrogen-bond donors (Lipinski definition) is 1. The van der Waals surface area contributed by atoms with Crippen LogP contribution < -0.4 is 10.2 Å². The molecule has 1 N–H and O–H groups in total. The Morgan fingerprint density at radius 2 is 2.00 bits per heavy atom. The standard InChI is InChI=1S/C22H22N6O2S3/c29-15(26-22-23-5-10-31-22)11-32-21-18-17(24-12-25-21)16-13-3-1-2-4-14(13)19(27-20(16)33-18)28-6-8-30-9-7-28/h5,10,12H,1-4,6-9,11H2,(H,23,26,29). The number of anilines is 2. The van der Waals surface area contributed by atoms with Gasteiger partial charge in [-0.05, 0) is 36.8 Å². The van der Waals surface area contributed by atoms with Crippen molar-refractivity contribution in [3.8, 4) is 0 Å². The fraction of sp³-hybridized carbons (Fsp3) is 0.409. The number of carbonyl (C=O) groups excluding carboxylic acids is 1. The number of aryl methyl sites for hydroxylation is 1. The Hall–Kier alpha value is -2.34. The van der Waals surface area contributed by atoms with Crippen LogP contribution >= 0.6 is 34.4 Å². The van der Waals surface area contributed by atoms with Gasteiger partial charge in [0.1, 0.15) is 22.0 Å². The van der Waals surface area contributed by atoms with Crippen molar-refractivity contribution >= 4 is 71.7 Å². The number of hydrogen-bond acceptors (Lipinski definition) is 10. The third-order valence-corrected chi connectivity index (χ3v) is 8.88. The van der Waals surface area contributed by atoms with Crippen LogP contribution in [0.15, 0.2) is 22.9 Å². The average Bonchev–Trinajstić information content (AvgIpc) is 3.50. The molecule has 4 aromatic heterocycles. The number of rotatable bonds is 5. The minimum atomic E-state index is -0.0899. The van der Waals surface area contributed by atoms with Crippen molar-refractivity contribution in [3.63, 3.8) is 0 Å². The van der Waals surface area contributed by atoms with Gasteiger partial charge in [-0.3, -0.25) is 4.79 Å². The molecule has 0 atom stereocenters. The lowest BCUT2D eigenvalue weighted by Crippen LogP contribution is -2.37. The Kier molecular flexibility index (Phi) is 5.87. The van der Waals surface area contributed by atoms with Crippen LogP contribution in [0.2, 0.25) is 0 Å². The van der Waals surface area contributed by atoms with Crippen molar-refractivity contribution in [2.24, 2.45) is 0 Å². The van der Waals surface area contributed by atoms with E-state index < -0.39 is 0 Å². The van der Waals surface area contributed by atoms with Crippen LogP contribution in [-0.4, -0.2) is 57.9 Å². The van der Waals surface area contributed by atoms with E-state index >= 15 is 0 Å². The second-order valence-corrected chi connectivity index (χ2v) is 10.9. The normalized spacial score (nSPS) is 16.3. The van der Waals surface area contributed by atoms with Crippen LogP contribution in [0, 0.1) is 0 Å². The summed E-state index contributed by atoms with van der Waals surface area (Å²) in [6, 6.07) is 0. The number of ether oxygens (including phenoxy) is 1. The van der Waals surface area contributed by atoms with Crippen LogP contribution in [0.1, 0.15) is 24.0 Å². The molecule has 0 aromatic carbocycles. The van der Waals surface area contributed by atoms with Crippen molar-refractivity contribution in [1.82, 2.24) is 19.9 Å². The topological polar surface area (TPSA) is 93.1 Å². The number of nitrogens with zero attached hydrogens (tertiary/aromatic N) is 5. The van der Waals surface area contributed by atoms with Gasteiger partial charge in [0.05, 0.1) is 29.2 Å². The minimum absolute atomic E-state index is 0.0899. The number of morpholine rings is 1. The first-order valence-corrected chi connectivity index (χ1v) is 13.7. The monoisotopic (exact) mass is 498 g/mol. The molecule has 0 saturated carbocycles. The quantitative estimate of drug-likeness (QED) is 0.324. The summed E-state index contributed by atoms with van der Waals surface area (Å²) in [5.41, 5.74) is 3.74. The number of thiazole rings is 1. The van der Waals surface area contributed by atoms with Gasteiger partial charge in [0.15, 0.2) is 5.13 Å². The van der Waals surface area contributed by atoms with Crippen molar-refractivity contribution in [2.45, 2.75) is 30.7 Å². The molecule has 6 rings (SSSR count). The summed E-state index contributed by atoms with van der Waals surface area (Å²) in [5.74, 6) is 1.30. The second kappa shape index (κ2) is 9.13.